The number of furan rings is 2. The van der Waals surface area contributed by atoms with Gasteiger partial charge in [-0.25, -0.2) is 0 Å². The summed E-state index contributed by atoms with van der Waals surface area (Å²) in [6.07, 6.45) is 2.87. The van der Waals surface area contributed by atoms with E-state index < -0.39 is 5.91 Å². The molecule has 1 N–H and O–H groups in total. The van der Waals surface area contributed by atoms with Crippen LogP contribution >= 0.6 is 23.2 Å². The molecule has 0 spiro atoms. The second-order valence-corrected chi connectivity index (χ2v) is 6.10. The van der Waals surface area contributed by atoms with E-state index in [1.807, 2.05) is 6.07 Å². The van der Waals surface area contributed by atoms with Crippen LogP contribution < -0.4 is 5.32 Å². The number of benzene rings is 1. The second-order valence-electron chi connectivity index (χ2n) is 5.26. The minimum atomic E-state index is -0.522. The van der Waals surface area contributed by atoms with Gasteiger partial charge in [-0.15, -0.1) is 0 Å². The smallest absolute Gasteiger partial charge is 0.262 e. The lowest BCUT2D eigenvalue weighted by Gasteiger charge is -2.02. The van der Waals surface area contributed by atoms with Crippen molar-refractivity contribution in [1.82, 2.24) is 5.32 Å². The Hall–Kier alpha value is -2.94. The quantitative estimate of drug-likeness (QED) is 0.490. The van der Waals surface area contributed by atoms with Crippen molar-refractivity contribution in [1.29, 1.82) is 5.26 Å². The maximum Gasteiger partial charge on any atom is 0.262 e. The highest BCUT2D eigenvalue weighted by Gasteiger charge is 2.12. The van der Waals surface area contributed by atoms with E-state index >= 15 is 0 Å². The first kappa shape index (κ1) is 17.9. The third kappa shape index (κ3) is 4.17. The van der Waals surface area contributed by atoms with Crippen molar-refractivity contribution >= 4 is 35.2 Å². The number of nitrogens with one attached hydrogen (secondary N) is 1. The molecule has 130 valence electrons. The summed E-state index contributed by atoms with van der Waals surface area (Å²) in [4.78, 5) is 12.1. The third-order valence-electron chi connectivity index (χ3n) is 3.48. The average Bonchev–Trinajstić information content (AvgIpc) is 3.29. The number of nitriles is 1. The zero-order valence-electron chi connectivity index (χ0n) is 13.3. The standard InChI is InChI=1S/C19H12Cl2N2O3/c20-13-3-5-16(17(21)9-13)18-6-4-14(26-18)8-12(10-22)19(24)23-11-15-2-1-7-25-15/h1-9H,11H2,(H,23,24)/b12-8+. The van der Waals surface area contributed by atoms with Crippen LogP contribution in [-0.2, 0) is 11.3 Å². The van der Waals surface area contributed by atoms with Gasteiger partial charge in [-0.2, -0.15) is 5.26 Å². The molecule has 1 aromatic carbocycles. The van der Waals surface area contributed by atoms with Crippen LogP contribution in [0.4, 0.5) is 0 Å². The SMILES string of the molecule is N#C/C(=C\c1ccc(-c2ccc(Cl)cc2Cl)o1)C(=O)NCc1ccco1. The summed E-state index contributed by atoms with van der Waals surface area (Å²) < 4.78 is 10.8. The lowest BCUT2D eigenvalue weighted by Crippen LogP contribution is -2.23. The number of hydrogen-bond acceptors (Lipinski definition) is 4. The molecule has 0 atom stereocenters. The molecule has 0 unspecified atom stereocenters. The fourth-order valence-electron chi connectivity index (χ4n) is 2.23. The molecule has 0 aliphatic carbocycles. The normalized spacial score (nSPS) is 11.2. The predicted octanol–water partition coefficient (Wildman–Crippen LogP) is 5.07. The average molecular weight is 387 g/mol. The molecule has 26 heavy (non-hydrogen) atoms. The van der Waals surface area contributed by atoms with Gasteiger partial charge in [-0.1, -0.05) is 23.2 Å². The Bertz CT molecular complexity index is 998. The summed E-state index contributed by atoms with van der Waals surface area (Å²) in [5.74, 6) is 0.932. The number of carbonyl (C=O) groups is 1. The molecule has 1 amide bonds. The van der Waals surface area contributed by atoms with Crippen molar-refractivity contribution in [3.63, 3.8) is 0 Å². The summed E-state index contributed by atoms with van der Waals surface area (Å²) >= 11 is 12.0. The molecule has 7 heteroatoms. The molecule has 2 aromatic heterocycles. The molecule has 0 radical (unpaired) electrons. The van der Waals surface area contributed by atoms with Crippen molar-refractivity contribution in [3.05, 3.63) is 75.9 Å². The topological polar surface area (TPSA) is 79.2 Å². The molecule has 3 rings (SSSR count). The summed E-state index contributed by atoms with van der Waals surface area (Å²) in [6.45, 7) is 0.189. The molecule has 5 nitrogen and oxygen atoms in total. The van der Waals surface area contributed by atoms with Crippen molar-refractivity contribution < 1.29 is 13.6 Å². The Labute approximate surface area is 159 Å². The molecule has 3 aromatic rings. The van der Waals surface area contributed by atoms with Crippen LogP contribution in [0.2, 0.25) is 10.0 Å². The van der Waals surface area contributed by atoms with Crippen molar-refractivity contribution in [2.45, 2.75) is 6.54 Å². The number of nitrogens with zero attached hydrogens (tertiary/aromatic N) is 1. The van der Waals surface area contributed by atoms with E-state index in [1.165, 1.54) is 12.3 Å². The lowest BCUT2D eigenvalue weighted by atomic mass is 10.2. The van der Waals surface area contributed by atoms with Crippen LogP contribution in [0.1, 0.15) is 11.5 Å². The zero-order valence-corrected chi connectivity index (χ0v) is 14.8. The van der Waals surface area contributed by atoms with Crippen LogP contribution in [0.15, 0.2) is 63.1 Å². The van der Waals surface area contributed by atoms with Gasteiger partial charge in [-0.05, 0) is 42.5 Å². The van der Waals surface area contributed by atoms with Gasteiger partial charge < -0.3 is 14.2 Å². The summed E-state index contributed by atoms with van der Waals surface area (Å²) in [6, 6.07) is 13.7. The highest BCUT2D eigenvalue weighted by Crippen LogP contribution is 2.31. The minimum absolute atomic E-state index is 0.0836. The van der Waals surface area contributed by atoms with Gasteiger partial charge in [0.25, 0.3) is 5.91 Å². The fraction of sp³-hybridized carbons (Fsp3) is 0.0526. The monoisotopic (exact) mass is 386 g/mol. The van der Waals surface area contributed by atoms with Gasteiger partial charge in [0.05, 0.1) is 17.8 Å². The highest BCUT2D eigenvalue weighted by molar-refractivity contribution is 6.36. The summed E-state index contributed by atoms with van der Waals surface area (Å²) in [5.41, 5.74) is 0.580. The van der Waals surface area contributed by atoms with Crippen molar-refractivity contribution in [2.24, 2.45) is 0 Å². The largest absolute Gasteiger partial charge is 0.467 e. The van der Waals surface area contributed by atoms with Crippen LogP contribution in [0, 0.1) is 11.3 Å². The van der Waals surface area contributed by atoms with Crippen LogP contribution in [-0.4, -0.2) is 5.91 Å². The van der Waals surface area contributed by atoms with E-state index in [0.717, 1.165) is 0 Å². The zero-order chi connectivity index (χ0) is 18.5. The summed E-state index contributed by atoms with van der Waals surface area (Å²) in [7, 11) is 0. The minimum Gasteiger partial charge on any atom is -0.467 e. The van der Waals surface area contributed by atoms with E-state index in [2.05, 4.69) is 5.32 Å². The molecule has 0 fully saturated rings. The Morgan fingerprint density at radius 3 is 2.77 bits per heavy atom. The van der Waals surface area contributed by atoms with Gasteiger partial charge in [-0.3, -0.25) is 4.79 Å². The molecule has 0 saturated carbocycles. The van der Waals surface area contributed by atoms with E-state index in [1.54, 1.807) is 42.5 Å². The fourth-order valence-corrected chi connectivity index (χ4v) is 2.73. The van der Waals surface area contributed by atoms with E-state index in [-0.39, 0.29) is 12.1 Å². The number of halogens is 2. The number of rotatable bonds is 5. The van der Waals surface area contributed by atoms with Gasteiger partial charge in [0.1, 0.15) is 28.9 Å². The second kappa shape index (κ2) is 7.96. The lowest BCUT2D eigenvalue weighted by molar-refractivity contribution is -0.117. The van der Waals surface area contributed by atoms with E-state index in [0.29, 0.717) is 32.9 Å². The molecule has 0 aliphatic rings. The molecule has 0 bridgehead atoms. The van der Waals surface area contributed by atoms with Gasteiger partial charge in [0, 0.05) is 16.7 Å². The molecule has 2 heterocycles. The Morgan fingerprint density at radius 1 is 1.23 bits per heavy atom. The Kier molecular flexibility index (Phi) is 5.47. The Balaban J connectivity index is 1.76. The Morgan fingerprint density at radius 2 is 2.08 bits per heavy atom. The first-order valence-corrected chi connectivity index (χ1v) is 8.30. The highest BCUT2D eigenvalue weighted by atomic mass is 35.5. The first-order chi connectivity index (χ1) is 12.6. The van der Waals surface area contributed by atoms with Crippen LogP contribution in [0.25, 0.3) is 17.4 Å². The maximum atomic E-state index is 12.1. The van der Waals surface area contributed by atoms with Crippen LogP contribution in [0.3, 0.4) is 0 Å². The first-order valence-electron chi connectivity index (χ1n) is 7.54. The maximum absolute atomic E-state index is 12.1. The van der Waals surface area contributed by atoms with Gasteiger partial charge in [0.15, 0.2) is 0 Å². The summed E-state index contributed by atoms with van der Waals surface area (Å²) in [5, 5.41) is 12.8. The molecular weight excluding hydrogens is 375 g/mol. The van der Waals surface area contributed by atoms with Crippen LogP contribution in [0.5, 0.6) is 0 Å². The molecular formula is C19H12Cl2N2O3. The number of amides is 1. The predicted molar refractivity (Wildman–Crippen MR) is 98.3 cm³/mol. The van der Waals surface area contributed by atoms with Gasteiger partial charge in [0.2, 0.25) is 0 Å². The molecule has 0 saturated heterocycles. The third-order valence-corrected chi connectivity index (χ3v) is 4.03. The van der Waals surface area contributed by atoms with Crippen molar-refractivity contribution in [3.8, 4) is 17.4 Å². The number of hydrogen-bond donors (Lipinski definition) is 1. The molecule has 0 aliphatic heterocycles. The van der Waals surface area contributed by atoms with E-state index in [4.69, 9.17) is 32.0 Å². The van der Waals surface area contributed by atoms with Gasteiger partial charge >= 0.3 is 0 Å². The number of carbonyl (C=O) groups excluding carboxylic acids is 1. The van der Waals surface area contributed by atoms with E-state index in [9.17, 15) is 10.1 Å². The van der Waals surface area contributed by atoms with Crippen molar-refractivity contribution in [2.75, 3.05) is 0 Å².